The minimum Gasteiger partial charge on any atom is -0.481 e. The maximum Gasteiger partial charge on any atom is 0.307 e. The number of carboxylic acids is 1. The normalized spacial score (nSPS) is 10.6. The van der Waals surface area contributed by atoms with Crippen LogP contribution in [0.25, 0.3) is 10.8 Å². The van der Waals surface area contributed by atoms with Crippen LogP contribution in [-0.2, 0) is 11.2 Å². The molecule has 6 nitrogen and oxygen atoms in total. The summed E-state index contributed by atoms with van der Waals surface area (Å²) < 4.78 is 0. The molecule has 4 rings (SSSR count). The molecule has 6 heteroatoms. The van der Waals surface area contributed by atoms with Gasteiger partial charge in [-0.2, -0.15) is 0 Å². The van der Waals surface area contributed by atoms with Gasteiger partial charge in [0.2, 0.25) is 5.78 Å². The second-order valence-electron chi connectivity index (χ2n) is 6.97. The largest absolute Gasteiger partial charge is 0.481 e. The van der Waals surface area contributed by atoms with Crippen molar-refractivity contribution in [3.05, 3.63) is 107 Å². The van der Waals surface area contributed by atoms with Gasteiger partial charge in [-0.1, -0.05) is 42.5 Å². The Bertz CT molecular complexity index is 1280. The Labute approximate surface area is 178 Å². The SMILES string of the molecule is O=C(O)Cc1cnc(C(=O)c2ccc(NC(=O)c3ccccc3)cc2)c2ccccc12. The Morgan fingerprint density at radius 2 is 1.42 bits per heavy atom. The molecule has 0 fully saturated rings. The van der Waals surface area contributed by atoms with Crippen molar-refractivity contribution < 1.29 is 19.5 Å². The first-order chi connectivity index (χ1) is 15.0. The lowest BCUT2D eigenvalue weighted by atomic mass is 9.98. The lowest BCUT2D eigenvalue weighted by Crippen LogP contribution is -2.12. The van der Waals surface area contributed by atoms with E-state index in [0.29, 0.717) is 33.2 Å². The molecule has 0 aliphatic carbocycles. The number of pyridine rings is 1. The highest BCUT2D eigenvalue weighted by Crippen LogP contribution is 2.24. The molecular formula is C25H18N2O4. The number of hydrogen-bond acceptors (Lipinski definition) is 4. The fourth-order valence-corrected chi connectivity index (χ4v) is 3.37. The highest BCUT2D eigenvalue weighted by Gasteiger charge is 2.17. The predicted octanol–water partition coefficient (Wildman–Crippen LogP) is 4.35. The van der Waals surface area contributed by atoms with E-state index in [0.717, 1.165) is 0 Å². The highest BCUT2D eigenvalue weighted by molar-refractivity contribution is 6.15. The van der Waals surface area contributed by atoms with E-state index in [4.69, 9.17) is 5.11 Å². The number of carbonyl (C=O) groups is 3. The van der Waals surface area contributed by atoms with E-state index in [1.165, 1.54) is 6.20 Å². The number of carbonyl (C=O) groups excluding carboxylic acids is 2. The lowest BCUT2D eigenvalue weighted by Gasteiger charge is -2.10. The van der Waals surface area contributed by atoms with Gasteiger partial charge in [0.15, 0.2) is 0 Å². The van der Waals surface area contributed by atoms with Crippen molar-refractivity contribution in [2.75, 3.05) is 5.32 Å². The number of hydrogen-bond donors (Lipinski definition) is 2. The Morgan fingerprint density at radius 3 is 2.10 bits per heavy atom. The third-order valence-electron chi connectivity index (χ3n) is 4.88. The molecule has 0 bridgehead atoms. The molecule has 1 amide bonds. The summed E-state index contributed by atoms with van der Waals surface area (Å²) in [7, 11) is 0. The van der Waals surface area contributed by atoms with Gasteiger partial charge in [-0.15, -0.1) is 0 Å². The molecule has 0 unspecified atom stereocenters. The van der Waals surface area contributed by atoms with Crippen LogP contribution < -0.4 is 5.32 Å². The first-order valence-electron chi connectivity index (χ1n) is 9.62. The van der Waals surface area contributed by atoms with Gasteiger partial charge in [0.05, 0.1) is 6.42 Å². The van der Waals surface area contributed by atoms with Crippen molar-refractivity contribution in [3.63, 3.8) is 0 Å². The third-order valence-corrected chi connectivity index (χ3v) is 4.88. The molecule has 0 aliphatic heterocycles. The van der Waals surface area contributed by atoms with E-state index >= 15 is 0 Å². The molecule has 0 aliphatic rings. The summed E-state index contributed by atoms with van der Waals surface area (Å²) >= 11 is 0. The quantitative estimate of drug-likeness (QED) is 0.461. The predicted molar refractivity (Wildman–Crippen MR) is 117 cm³/mol. The van der Waals surface area contributed by atoms with E-state index in [1.807, 2.05) is 6.07 Å². The number of ketones is 1. The lowest BCUT2D eigenvalue weighted by molar-refractivity contribution is -0.136. The van der Waals surface area contributed by atoms with Crippen LogP contribution in [0.15, 0.2) is 85.1 Å². The molecule has 0 radical (unpaired) electrons. The molecule has 0 spiro atoms. The van der Waals surface area contributed by atoms with Crippen molar-refractivity contribution in [1.29, 1.82) is 0 Å². The van der Waals surface area contributed by atoms with Crippen LogP contribution in [0.1, 0.15) is 32.0 Å². The van der Waals surface area contributed by atoms with Gasteiger partial charge in [0, 0.05) is 28.4 Å². The van der Waals surface area contributed by atoms with Gasteiger partial charge in [0.25, 0.3) is 5.91 Å². The molecule has 31 heavy (non-hydrogen) atoms. The van der Waals surface area contributed by atoms with Gasteiger partial charge in [-0.05, 0) is 47.3 Å². The topological polar surface area (TPSA) is 96.4 Å². The molecular weight excluding hydrogens is 392 g/mol. The molecule has 0 saturated heterocycles. The average Bonchev–Trinajstić information content (AvgIpc) is 2.79. The number of amides is 1. The van der Waals surface area contributed by atoms with Crippen LogP contribution in [-0.4, -0.2) is 27.8 Å². The molecule has 0 saturated carbocycles. The number of benzene rings is 3. The maximum atomic E-state index is 13.1. The summed E-state index contributed by atoms with van der Waals surface area (Å²) in [6.45, 7) is 0. The van der Waals surface area contributed by atoms with Crippen LogP contribution in [0.3, 0.4) is 0 Å². The molecule has 1 heterocycles. The molecule has 4 aromatic rings. The minimum atomic E-state index is -0.959. The van der Waals surface area contributed by atoms with Crippen LogP contribution >= 0.6 is 0 Å². The standard InChI is InChI=1S/C25H18N2O4/c28-22(29)14-18-15-26-23(21-9-5-4-8-20(18)21)24(30)16-10-12-19(13-11-16)27-25(31)17-6-2-1-3-7-17/h1-13,15H,14H2,(H,27,31)(H,28,29). The van der Waals surface area contributed by atoms with Crippen molar-refractivity contribution in [3.8, 4) is 0 Å². The van der Waals surface area contributed by atoms with Crippen LogP contribution in [0, 0.1) is 0 Å². The smallest absolute Gasteiger partial charge is 0.307 e. The first kappa shape index (κ1) is 20.0. The van der Waals surface area contributed by atoms with Crippen molar-refractivity contribution >= 4 is 34.1 Å². The Hall–Kier alpha value is -4.32. The fourth-order valence-electron chi connectivity index (χ4n) is 3.37. The number of nitrogens with one attached hydrogen (secondary N) is 1. The number of nitrogens with zero attached hydrogens (tertiary/aromatic N) is 1. The van der Waals surface area contributed by atoms with E-state index in [2.05, 4.69) is 10.3 Å². The zero-order valence-corrected chi connectivity index (χ0v) is 16.4. The molecule has 0 atom stereocenters. The van der Waals surface area contributed by atoms with Crippen molar-refractivity contribution in [2.24, 2.45) is 0 Å². The fraction of sp³-hybridized carbons (Fsp3) is 0.0400. The molecule has 2 N–H and O–H groups in total. The Morgan fingerprint density at radius 1 is 0.774 bits per heavy atom. The minimum absolute atomic E-state index is 0.169. The van der Waals surface area contributed by atoms with Gasteiger partial charge in [-0.3, -0.25) is 19.4 Å². The molecule has 1 aromatic heterocycles. The molecule has 152 valence electrons. The summed E-state index contributed by atoms with van der Waals surface area (Å²) in [6.07, 6.45) is 1.27. The number of rotatable bonds is 6. The monoisotopic (exact) mass is 410 g/mol. The third kappa shape index (κ3) is 4.33. The summed E-state index contributed by atoms with van der Waals surface area (Å²) in [6, 6.07) is 22.6. The molecule has 3 aromatic carbocycles. The van der Waals surface area contributed by atoms with Crippen LogP contribution in [0.2, 0.25) is 0 Å². The van der Waals surface area contributed by atoms with Gasteiger partial charge < -0.3 is 10.4 Å². The second-order valence-corrected chi connectivity index (χ2v) is 6.97. The van der Waals surface area contributed by atoms with Crippen molar-refractivity contribution in [2.45, 2.75) is 6.42 Å². The van der Waals surface area contributed by atoms with E-state index in [1.54, 1.807) is 72.8 Å². The van der Waals surface area contributed by atoms with E-state index < -0.39 is 5.97 Å². The number of fused-ring (bicyclic) bond motifs is 1. The Balaban J connectivity index is 1.59. The number of anilines is 1. The number of aliphatic carboxylic acids is 1. The summed E-state index contributed by atoms with van der Waals surface area (Å²) in [5.41, 5.74) is 2.34. The van der Waals surface area contributed by atoms with Crippen molar-refractivity contribution in [1.82, 2.24) is 4.98 Å². The maximum absolute atomic E-state index is 13.1. The second kappa shape index (κ2) is 8.59. The number of carboxylic acid groups (broad SMARTS) is 1. The number of aromatic nitrogens is 1. The van der Waals surface area contributed by atoms with Crippen LogP contribution in [0.5, 0.6) is 0 Å². The zero-order valence-electron chi connectivity index (χ0n) is 16.4. The summed E-state index contributed by atoms with van der Waals surface area (Å²) in [4.78, 5) is 40.8. The summed E-state index contributed by atoms with van der Waals surface area (Å²) in [5.74, 6) is -1.47. The Kier molecular flexibility index (Phi) is 5.53. The van der Waals surface area contributed by atoms with Gasteiger partial charge in [-0.25, -0.2) is 0 Å². The summed E-state index contributed by atoms with van der Waals surface area (Å²) in [5, 5.41) is 13.2. The zero-order chi connectivity index (χ0) is 21.8. The van der Waals surface area contributed by atoms with E-state index in [9.17, 15) is 14.4 Å². The van der Waals surface area contributed by atoms with E-state index in [-0.39, 0.29) is 23.8 Å². The first-order valence-corrected chi connectivity index (χ1v) is 9.62. The van der Waals surface area contributed by atoms with Gasteiger partial charge in [0.1, 0.15) is 5.69 Å². The van der Waals surface area contributed by atoms with Crippen LogP contribution in [0.4, 0.5) is 5.69 Å². The van der Waals surface area contributed by atoms with Gasteiger partial charge >= 0.3 is 5.97 Å². The highest BCUT2D eigenvalue weighted by atomic mass is 16.4. The average molecular weight is 410 g/mol.